The summed E-state index contributed by atoms with van der Waals surface area (Å²) in [6.07, 6.45) is 2.14. The summed E-state index contributed by atoms with van der Waals surface area (Å²) in [4.78, 5) is 11.1. The predicted molar refractivity (Wildman–Crippen MR) is 82.3 cm³/mol. The van der Waals surface area contributed by atoms with E-state index in [0.29, 0.717) is 13.1 Å². The van der Waals surface area contributed by atoms with Crippen molar-refractivity contribution in [1.29, 1.82) is 0 Å². The summed E-state index contributed by atoms with van der Waals surface area (Å²) in [6, 6.07) is 1.22. The average Bonchev–Trinajstić information content (AvgIpc) is 2.66. The fraction of sp³-hybridized carbons (Fsp3) is 0.615. The quantitative estimate of drug-likeness (QED) is 0.910. The highest BCUT2D eigenvalue weighted by molar-refractivity contribution is 8.00. The Balaban J connectivity index is 2.29. The van der Waals surface area contributed by atoms with Gasteiger partial charge >= 0.3 is 5.97 Å². The van der Waals surface area contributed by atoms with E-state index in [4.69, 9.17) is 5.11 Å². The Morgan fingerprint density at radius 2 is 2.05 bits per heavy atom. The third-order valence-corrected chi connectivity index (χ3v) is 6.87. The van der Waals surface area contributed by atoms with Crippen LogP contribution in [0, 0.1) is 0 Å². The molecule has 2 heterocycles. The zero-order chi connectivity index (χ0) is 15.8. The normalized spacial score (nSPS) is 20.1. The van der Waals surface area contributed by atoms with Crippen LogP contribution in [0.4, 0.5) is 0 Å². The smallest absolute Gasteiger partial charge is 0.352 e. The molecular formula is C13H20N2O4S2. The van der Waals surface area contributed by atoms with Crippen LogP contribution in [0.5, 0.6) is 0 Å². The van der Waals surface area contributed by atoms with Crippen LogP contribution in [-0.2, 0) is 17.1 Å². The number of aromatic carboxylic acids is 1. The standard InChI is InChI=1S/C13H20N2O4S2/c1-13(2)4-5-15(6-7-20-13)21(18,19)10-8-11(12(16)17)14(3)9-10/h8-9H,4-7H2,1-3H3,(H,16,17). The molecule has 6 nitrogen and oxygen atoms in total. The first-order chi connectivity index (χ1) is 9.63. The minimum absolute atomic E-state index is 0.0295. The Bertz CT molecular complexity index is 649. The summed E-state index contributed by atoms with van der Waals surface area (Å²) in [5.41, 5.74) is -0.0295. The van der Waals surface area contributed by atoms with Crippen molar-refractivity contribution in [3.63, 3.8) is 0 Å². The van der Waals surface area contributed by atoms with E-state index in [9.17, 15) is 13.2 Å². The van der Waals surface area contributed by atoms with Gasteiger partial charge in [-0.2, -0.15) is 16.1 Å². The number of aromatic nitrogens is 1. The fourth-order valence-corrected chi connectivity index (χ4v) is 5.01. The number of sulfonamides is 1. The van der Waals surface area contributed by atoms with Gasteiger partial charge in [0.1, 0.15) is 10.6 Å². The average molecular weight is 332 g/mol. The molecule has 1 aliphatic rings. The second kappa shape index (κ2) is 5.66. The SMILES string of the molecule is Cn1cc(S(=O)(=O)N2CCSC(C)(C)CC2)cc1C(=O)O. The molecule has 0 aliphatic carbocycles. The number of hydrogen-bond acceptors (Lipinski definition) is 4. The van der Waals surface area contributed by atoms with Crippen molar-refractivity contribution in [1.82, 2.24) is 8.87 Å². The molecule has 0 atom stereocenters. The first kappa shape index (κ1) is 16.4. The predicted octanol–water partition coefficient (Wildman–Crippen LogP) is 1.63. The highest BCUT2D eigenvalue weighted by Crippen LogP contribution is 2.32. The maximum atomic E-state index is 12.6. The van der Waals surface area contributed by atoms with Crippen LogP contribution >= 0.6 is 11.8 Å². The molecule has 0 amide bonds. The van der Waals surface area contributed by atoms with E-state index in [1.54, 1.807) is 11.8 Å². The lowest BCUT2D eigenvalue weighted by atomic mass is 10.1. The highest BCUT2D eigenvalue weighted by atomic mass is 32.2. The van der Waals surface area contributed by atoms with Crippen molar-refractivity contribution >= 4 is 27.8 Å². The number of carbonyl (C=O) groups is 1. The molecule has 0 radical (unpaired) electrons. The molecule has 1 N–H and O–H groups in total. The molecule has 8 heteroatoms. The van der Waals surface area contributed by atoms with Crippen LogP contribution in [0.15, 0.2) is 17.2 Å². The van der Waals surface area contributed by atoms with E-state index < -0.39 is 16.0 Å². The van der Waals surface area contributed by atoms with Gasteiger partial charge in [-0.05, 0) is 12.5 Å². The molecule has 1 aromatic rings. The number of thioether (sulfide) groups is 1. The van der Waals surface area contributed by atoms with Crippen LogP contribution < -0.4 is 0 Å². The van der Waals surface area contributed by atoms with Crippen molar-refractivity contribution in [3.05, 3.63) is 18.0 Å². The Labute approximate surface area is 129 Å². The summed E-state index contributed by atoms with van der Waals surface area (Å²) in [6.45, 7) is 5.13. The van der Waals surface area contributed by atoms with Gasteiger partial charge in [0.05, 0.1) is 0 Å². The Morgan fingerprint density at radius 3 is 2.62 bits per heavy atom. The van der Waals surface area contributed by atoms with Crippen molar-refractivity contribution < 1.29 is 18.3 Å². The number of carboxylic acids is 1. The molecule has 1 fully saturated rings. The van der Waals surface area contributed by atoms with Crippen molar-refractivity contribution in [3.8, 4) is 0 Å². The molecule has 0 bridgehead atoms. The van der Waals surface area contributed by atoms with Gasteiger partial charge in [-0.3, -0.25) is 0 Å². The van der Waals surface area contributed by atoms with Gasteiger partial charge < -0.3 is 9.67 Å². The summed E-state index contributed by atoms with van der Waals surface area (Å²) in [5, 5.41) is 9.04. The Hall–Kier alpha value is -0.990. The second-order valence-corrected chi connectivity index (χ2v) is 9.48. The molecule has 1 aromatic heterocycles. The summed E-state index contributed by atoms with van der Waals surface area (Å²) < 4.78 is 28.1. The molecule has 0 aromatic carbocycles. The molecule has 118 valence electrons. The first-order valence-corrected chi connectivity index (χ1v) is 9.10. The summed E-state index contributed by atoms with van der Waals surface area (Å²) in [7, 11) is -2.10. The van der Waals surface area contributed by atoms with Gasteiger partial charge in [0.15, 0.2) is 0 Å². The van der Waals surface area contributed by atoms with Gasteiger partial charge in [-0.15, -0.1) is 0 Å². The topological polar surface area (TPSA) is 79.6 Å². The van der Waals surface area contributed by atoms with Crippen LogP contribution in [-0.4, -0.2) is 52.0 Å². The van der Waals surface area contributed by atoms with Gasteiger partial charge in [-0.25, -0.2) is 13.2 Å². The summed E-state index contributed by atoms with van der Waals surface area (Å²) >= 11 is 1.76. The first-order valence-electron chi connectivity index (χ1n) is 6.67. The zero-order valence-electron chi connectivity index (χ0n) is 12.4. The number of nitrogens with zero attached hydrogens (tertiary/aromatic N) is 2. The second-order valence-electron chi connectivity index (χ2n) is 5.74. The number of hydrogen-bond donors (Lipinski definition) is 1. The lowest BCUT2D eigenvalue weighted by molar-refractivity contribution is 0.0686. The Morgan fingerprint density at radius 1 is 1.38 bits per heavy atom. The van der Waals surface area contributed by atoms with Gasteiger partial charge in [-0.1, -0.05) is 13.8 Å². The molecule has 0 spiro atoms. The van der Waals surface area contributed by atoms with Crippen LogP contribution in [0.3, 0.4) is 0 Å². The minimum atomic E-state index is -3.63. The fourth-order valence-electron chi connectivity index (χ4n) is 2.28. The lowest BCUT2D eigenvalue weighted by Crippen LogP contribution is -2.33. The van der Waals surface area contributed by atoms with E-state index in [1.807, 2.05) is 0 Å². The molecule has 1 saturated heterocycles. The van der Waals surface area contributed by atoms with E-state index in [2.05, 4.69) is 13.8 Å². The highest BCUT2D eigenvalue weighted by Gasteiger charge is 2.32. The monoisotopic (exact) mass is 332 g/mol. The molecule has 0 unspecified atom stereocenters. The van der Waals surface area contributed by atoms with Crippen LogP contribution in [0.25, 0.3) is 0 Å². The maximum Gasteiger partial charge on any atom is 0.352 e. The van der Waals surface area contributed by atoms with Gasteiger partial charge in [0, 0.05) is 36.8 Å². The van der Waals surface area contributed by atoms with Crippen LogP contribution in [0.1, 0.15) is 30.8 Å². The van der Waals surface area contributed by atoms with E-state index >= 15 is 0 Å². The summed E-state index contributed by atoms with van der Waals surface area (Å²) in [5.74, 6) is -0.392. The minimum Gasteiger partial charge on any atom is -0.477 e. The van der Waals surface area contributed by atoms with Crippen LogP contribution in [0.2, 0.25) is 0 Å². The maximum absolute atomic E-state index is 12.6. The molecule has 2 rings (SSSR count). The third-order valence-electron chi connectivity index (χ3n) is 3.63. The molecule has 21 heavy (non-hydrogen) atoms. The number of carboxylic acid groups (broad SMARTS) is 1. The number of rotatable bonds is 3. The Kier molecular flexibility index (Phi) is 4.41. The zero-order valence-corrected chi connectivity index (χ0v) is 14.0. The van der Waals surface area contributed by atoms with E-state index in [0.717, 1.165) is 12.2 Å². The molecule has 0 saturated carbocycles. The molecule has 1 aliphatic heterocycles. The van der Waals surface area contributed by atoms with Gasteiger partial charge in [0.25, 0.3) is 0 Å². The van der Waals surface area contributed by atoms with Crippen molar-refractivity contribution in [2.45, 2.75) is 29.9 Å². The van der Waals surface area contributed by atoms with Gasteiger partial charge in [0.2, 0.25) is 10.0 Å². The van der Waals surface area contributed by atoms with Crippen molar-refractivity contribution in [2.24, 2.45) is 7.05 Å². The van der Waals surface area contributed by atoms with E-state index in [1.165, 1.54) is 28.2 Å². The third kappa shape index (κ3) is 3.44. The van der Waals surface area contributed by atoms with Crippen molar-refractivity contribution in [2.75, 3.05) is 18.8 Å². The van der Waals surface area contributed by atoms with E-state index in [-0.39, 0.29) is 15.3 Å². The number of aryl methyl sites for hydroxylation is 1. The lowest BCUT2D eigenvalue weighted by Gasteiger charge is -2.22. The largest absolute Gasteiger partial charge is 0.477 e. The molecular weight excluding hydrogens is 312 g/mol.